The molecule has 2 heterocycles. The van der Waals surface area contributed by atoms with Crippen LogP contribution in [0.3, 0.4) is 0 Å². The monoisotopic (exact) mass is 349 g/mol. The molecule has 2 amide bonds. The van der Waals surface area contributed by atoms with Gasteiger partial charge in [-0.05, 0) is 67.0 Å². The quantitative estimate of drug-likeness (QED) is 0.854. The van der Waals surface area contributed by atoms with Crippen LogP contribution in [0.5, 0.6) is 0 Å². The van der Waals surface area contributed by atoms with Gasteiger partial charge in [0.15, 0.2) is 0 Å². The van der Waals surface area contributed by atoms with Crippen LogP contribution in [0.25, 0.3) is 0 Å². The second-order valence-corrected chi connectivity index (χ2v) is 7.52. The number of benzene rings is 1. The summed E-state index contributed by atoms with van der Waals surface area (Å²) in [6.07, 6.45) is 10.2. The molecular weight excluding hydrogens is 322 g/mol. The van der Waals surface area contributed by atoms with Crippen molar-refractivity contribution in [2.45, 2.75) is 57.5 Å². The third kappa shape index (κ3) is 3.33. The van der Waals surface area contributed by atoms with Crippen molar-refractivity contribution in [3.05, 3.63) is 65.0 Å². The molecule has 1 aliphatic heterocycles. The molecule has 1 aromatic heterocycles. The van der Waals surface area contributed by atoms with Crippen molar-refractivity contribution in [3.63, 3.8) is 0 Å². The van der Waals surface area contributed by atoms with E-state index >= 15 is 0 Å². The molecule has 136 valence electrons. The number of pyridine rings is 1. The number of likely N-dealkylation sites (tertiary alicyclic amines) is 1. The van der Waals surface area contributed by atoms with Crippen molar-refractivity contribution in [2.75, 3.05) is 6.54 Å². The number of aromatic nitrogens is 1. The highest BCUT2D eigenvalue weighted by Crippen LogP contribution is 2.34. The van der Waals surface area contributed by atoms with Crippen LogP contribution in [0.15, 0.2) is 42.7 Å². The summed E-state index contributed by atoms with van der Waals surface area (Å²) in [5.41, 5.74) is 5.25. The number of hydrogen-bond donors (Lipinski definition) is 1. The van der Waals surface area contributed by atoms with E-state index in [-0.39, 0.29) is 18.1 Å². The van der Waals surface area contributed by atoms with Gasteiger partial charge < -0.3 is 10.2 Å². The van der Waals surface area contributed by atoms with Crippen molar-refractivity contribution in [1.29, 1.82) is 0 Å². The summed E-state index contributed by atoms with van der Waals surface area (Å²) in [4.78, 5) is 19.4. The van der Waals surface area contributed by atoms with Crippen LogP contribution < -0.4 is 5.32 Å². The molecule has 1 saturated heterocycles. The van der Waals surface area contributed by atoms with Gasteiger partial charge in [0.05, 0.1) is 12.1 Å². The SMILES string of the molecule is Cc1cccc2c1CCC2NC(=O)N1CCCCCC1c1ccncc1. The third-order valence-electron chi connectivity index (χ3n) is 5.91. The fraction of sp³-hybridized carbons (Fsp3) is 0.455. The van der Waals surface area contributed by atoms with Gasteiger partial charge in [0.2, 0.25) is 0 Å². The molecule has 2 unspecified atom stereocenters. The Hall–Kier alpha value is -2.36. The lowest BCUT2D eigenvalue weighted by molar-refractivity contribution is 0.172. The van der Waals surface area contributed by atoms with Crippen LogP contribution in [0, 0.1) is 6.92 Å². The minimum absolute atomic E-state index is 0.0769. The summed E-state index contributed by atoms with van der Waals surface area (Å²) < 4.78 is 0. The van der Waals surface area contributed by atoms with Crippen LogP contribution in [-0.2, 0) is 6.42 Å². The fourth-order valence-corrected chi connectivity index (χ4v) is 4.50. The van der Waals surface area contributed by atoms with E-state index in [0.29, 0.717) is 0 Å². The third-order valence-corrected chi connectivity index (χ3v) is 5.91. The van der Waals surface area contributed by atoms with Gasteiger partial charge in [0, 0.05) is 18.9 Å². The first-order valence-corrected chi connectivity index (χ1v) is 9.79. The number of nitrogens with one attached hydrogen (secondary N) is 1. The standard InChI is InChI=1S/C22H27N3O/c1-16-6-5-7-19-18(16)9-10-20(19)24-22(26)25-15-4-2-3-8-21(25)17-11-13-23-14-12-17/h5-7,11-14,20-21H,2-4,8-10,15H2,1H3,(H,24,26). The van der Waals surface area contributed by atoms with E-state index in [1.54, 1.807) is 0 Å². The Bertz CT molecular complexity index is 774. The first-order valence-electron chi connectivity index (χ1n) is 9.79. The molecule has 4 nitrogen and oxygen atoms in total. The Kier molecular flexibility index (Phi) is 4.91. The molecule has 1 N–H and O–H groups in total. The summed E-state index contributed by atoms with van der Waals surface area (Å²) in [6, 6.07) is 10.9. The molecule has 2 aliphatic rings. The highest BCUT2D eigenvalue weighted by atomic mass is 16.2. The topological polar surface area (TPSA) is 45.2 Å². The zero-order chi connectivity index (χ0) is 17.9. The highest BCUT2D eigenvalue weighted by molar-refractivity contribution is 5.75. The molecule has 0 bridgehead atoms. The number of rotatable bonds is 2. The highest BCUT2D eigenvalue weighted by Gasteiger charge is 2.30. The number of urea groups is 1. The van der Waals surface area contributed by atoms with Crippen LogP contribution in [0.4, 0.5) is 4.79 Å². The Morgan fingerprint density at radius 1 is 1.12 bits per heavy atom. The molecule has 1 fully saturated rings. The van der Waals surface area contributed by atoms with Crippen molar-refractivity contribution in [1.82, 2.24) is 15.2 Å². The van der Waals surface area contributed by atoms with E-state index in [1.165, 1.54) is 35.1 Å². The number of carbonyl (C=O) groups excluding carboxylic acids is 1. The van der Waals surface area contributed by atoms with Crippen LogP contribution in [0.1, 0.15) is 66.4 Å². The summed E-state index contributed by atoms with van der Waals surface area (Å²) in [5, 5.41) is 3.33. The van der Waals surface area contributed by atoms with E-state index in [1.807, 2.05) is 24.5 Å². The Morgan fingerprint density at radius 3 is 2.81 bits per heavy atom. The number of amides is 2. The number of fused-ring (bicyclic) bond motifs is 1. The molecule has 0 radical (unpaired) electrons. The first kappa shape index (κ1) is 17.1. The Labute approximate surface area is 155 Å². The van der Waals surface area contributed by atoms with E-state index in [2.05, 4.69) is 40.3 Å². The first-order chi connectivity index (χ1) is 12.7. The predicted molar refractivity (Wildman–Crippen MR) is 103 cm³/mol. The van der Waals surface area contributed by atoms with Crippen molar-refractivity contribution in [3.8, 4) is 0 Å². The maximum Gasteiger partial charge on any atom is 0.318 e. The molecule has 2 aromatic rings. The molecule has 4 heteroatoms. The van der Waals surface area contributed by atoms with Gasteiger partial charge in [-0.3, -0.25) is 4.98 Å². The smallest absolute Gasteiger partial charge is 0.318 e. The van der Waals surface area contributed by atoms with Crippen molar-refractivity contribution in [2.24, 2.45) is 0 Å². The minimum atomic E-state index is 0.0769. The van der Waals surface area contributed by atoms with Gasteiger partial charge in [0.25, 0.3) is 0 Å². The van der Waals surface area contributed by atoms with Crippen LogP contribution >= 0.6 is 0 Å². The number of hydrogen-bond acceptors (Lipinski definition) is 2. The van der Waals surface area contributed by atoms with Gasteiger partial charge >= 0.3 is 6.03 Å². The molecule has 1 aromatic carbocycles. The molecular formula is C22H27N3O. The normalized spacial score (nSPS) is 22.6. The van der Waals surface area contributed by atoms with E-state index < -0.39 is 0 Å². The summed E-state index contributed by atoms with van der Waals surface area (Å²) in [5.74, 6) is 0. The number of nitrogens with zero attached hydrogens (tertiary/aromatic N) is 2. The van der Waals surface area contributed by atoms with Gasteiger partial charge in [0.1, 0.15) is 0 Å². The van der Waals surface area contributed by atoms with Gasteiger partial charge in [-0.1, -0.05) is 31.0 Å². The lowest BCUT2D eigenvalue weighted by Gasteiger charge is -2.32. The molecule has 2 atom stereocenters. The average molecular weight is 349 g/mol. The van der Waals surface area contributed by atoms with E-state index in [9.17, 15) is 4.79 Å². The number of carbonyl (C=O) groups is 1. The lowest BCUT2D eigenvalue weighted by atomic mass is 10.0. The van der Waals surface area contributed by atoms with Gasteiger partial charge in [-0.25, -0.2) is 4.79 Å². The maximum atomic E-state index is 13.2. The fourth-order valence-electron chi connectivity index (χ4n) is 4.50. The number of aryl methyl sites for hydroxylation is 1. The van der Waals surface area contributed by atoms with E-state index in [4.69, 9.17) is 0 Å². The van der Waals surface area contributed by atoms with Crippen molar-refractivity contribution >= 4 is 6.03 Å². The average Bonchev–Trinajstić information content (AvgIpc) is 2.91. The molecule has 0 spiro atoms. The van der Waals surface area contributed by atoms with Gasteiger partial charge in [-0.15, -0.1) is 0 Å². The molecule has 4 rings (SSSR count). The van der Waals surface area contributed by atoms with Crippen molar-refractivity contribution < 1.29 is 4.79 Å². The zero-order valence-corrected chi connectivity index (χ0v) is 15.4. The van der Waals surface area contributed by atoms with E-state index in [0.717, 1.165) is 32.2 Å². The maximum absolute atomic E-state index is 13.2. The lowest BCUT2D eigenvalue weighted by Crippen LogP contribution is -2.43. The zero-order valence-electron chi connectivity index (χ0n) is 15.4. The predicted octanol–water partition coefficient (Wildman–Crippen LogP) is 4.70. The van der Waals surface area contributed by atoms with Gasteiger partial charge in [-0.2, -0.15) is 0 Å². The molecule has 1 aliphatic carbocycles. The van der Waals surface area contributed by atoms with Crippen LogP contribution in [-0.4, -0.2) is 22.5 Å². The Balaban J connectivity index is 1.54. The molecule has 26 heavy (non-hydrogen) atoms. The second-order valence-electron chi connectivity index (χ2n) is 7.52. The van der Waals surface area contributed by atoms with Crippen LogP contribution in [0.2, 0.25) is 0 Å². The summed E-state index contributed by atoms with van der Waals surface area (Å²) in [7, 11) is 0. The largest absolute Gasteiger partial charge is 0.331 e. The minimum Gasteiger partial charge on any atom is -0.331 e. The summed E-state index contributed by atoms with van der Waals surface area (Å²) in [6.45, 7) is 2.99. The molecule has 0 saturated carbocycles. The second kappa shape index (κ2) is 7.48. The summed E-state index contributed by atoms with van der Waals surface area (Å²) >= 11 is 0. The Morgan fingerprint density at radius 2 is 1.96 bits per heavy atom.